The lowest BCUT2D eigenvalue weighted by Crippen LogP contribution is -2.23. The van der Waals surface area contributed by atoms with Crippen LogP contribution in [0, 0.1) is 3.57 Å². The van der Waals surface area contributed by atoms with Crippen molar-refractivity contribution in [3.05, 3.63) is 66.7 Å². The summed E-state index contributed by atoms with van der Waals surface area (Å²) in [5.41, 5.74) is 2.45. The van der Waals surface area contributed by atoms with Crippen LogP contribution in [-0.2, 0) is 0 Å². The van der Waals surface area contributed by atoms with E-state index in [1.807, 2.05) is 0 Å². The highest BCUT2D eigenvalue weighted by molar-refractivity contribution is 14.1. The van der Waals surface area contributed by atoms with Crippen LogP contribution in [0.4, 0.5) is 0 Å². The van der Waals surface area contributed by atoms with E-state index in [2.05, 4.69) is 93.2 Å². The lowest BCUT2D eigenvalue weighted by Gasteiger charge is -2.20. The van der Waals surface area contributed by atoms with Gasteiger partial charge in [-0.1, -0.05) is 52.7 Å². The summed E-state index contributed by atoms with van der Waals surface area (Å²) in [6.07, 6.45) is 1.10. The Hall–Kier alpha value is -0.100. The Bertz CT molecular complexity index is 571. The molecule has 1 N–H and O–H groups in total. The maximum atomic E-state index is 6.26. The van der Waals surface area contributed by atoms with Gasteiger partial charge in [-0.2, -0.15) is 0 Å². The Balaban J connectivity index is 2.35. The van der Waals surface area contributed by atoms with Crippen LogP contribution in [0.25, 0.3) is 0 Å². The van der Waals surface area contributed by atoms with E-state index in [0.29, 0.717) is 0 Å². The molecule has 2 aromatic rings. The molecular formula is C16H16BrClIN. The monoisotopic (exact) mass is 463 g/mol. The molecule has 0 heterocycles. The van der Waals surface area contributed by atoms with Crippen LogP contribution in [0.5, 0.6) is 0 Å². The van der Waals surface area contributed by atoms with Gasteiger partial charge in [-0.25, -0.2) is 0 Å². The molecule has 0 saturated heterocycles. The molecule has 0 spiro atoms. The Labute approximate surface area is 147 Å². The van der Waals surface area contributed by atoms with Crippen LogP contribution in [0.2, 0.25) is 5.02 Å². The minimum absolute atomic E-state index is 0.178. The lowest BCUT2D eigenvalue weighted by molar-refractivity contribution is 0.598. The zero-order valence-electron chi connectivity index (χ0n) is 11.2. The molecule has 2 rings (SSSR count). The SMILES string of the molecule is CCCNC(c1ccc(Br)cc1)c1ccc(I)c(Cl)c1. The lowest BCUT2D eigenvalue weighted by atomic mass is 9.98. The van der Waals surface area contributed by atoms with Crippen molar-refractivity contribution in [2.45, 2.75) is 19.4 Å². The van der Waals surface area contributed by atoms with Crippen molar-refractivity contribution < 1.29 is 0 Å². The van der Waals surface area contributed by atoms with Crippen molar-refractivity contribution in [3.8, 4) is 0 Å². The van der Waals surface area contributed by atoms with Gasteiger partial charge >= 0.3 is 0 Å². The first-order valence-corrected chi connectivity index (χ1v) is 8.80. The molecule has 0 radical (unpaired) electrons. The van der Waals surface area contributed by atoms with E-state index in [9.17, 15) is 0 Å². The maximum absolute atomic E-state index is 6.26. The van der Waals surface area contributed by atoms with Crippen molar-refractivity contribution in [1.29, 1.82) is 0 Å². The van der Waals surface area contributed by atoms with Crippen LogP contribution in [0.15, 0.2) is 46.9 Å². The van der Waals surface area contributed by atoms with E-state index in [4.69, 9.17) is 11.6 Å². The molecule has 0 aliphatic heterocycles. The molecule has 0 bridgehead atoms. The molecule has 106 valence electrons. The van der Waals surface area contributed by atoms with E-state index in [0.717, 1.165) is 26.0 Å². The second kappa shape index (κ2) is 7.78. The van der Waals surface area contributed by atoms with Gasteiger partial charge in [0.25, 0.3) is 0 Å². The van der Waals surface area contributed by atoms with Crippen molar-refractivity contribution in [3.63, 3.8) is 0 Å². The molecule has 2 aromatic carbocycles. The molecule has 1 nitrogen and oxygen atoms in total. The number of rotatable bonds is 5. The summed E-state index contributed by atoms with van der Waals surface area (Å²) in [7, 11) is 0. The summed E-state index contributed by atoms with van der Waals surface area (Å²) >= 11 is 12.0. The average molecular weight is 465 g/mol. The first-order valence-electron chi connectivity index (χ1n) is 6.55. The van der Waals surface area contributed by atoms with Gasteiger partial charge < -0.3 is 5.32 Å². The van der Waals surface area contributed by atoms with Crippen molar-refractivity contribution >= 4 is 50.1 Å². The summed E-state index contributed by atoms with van der Waals surface area (Å²) in [6.45, 7) is 3.15. The van der Waals surface area contributed by atoms with E-state index >= 15 is 0 Å². The summed E-state index contributed by atoms with van der Waals surface area (Å²) in [4.78, 5) is 0. The second-order valence-electron chi connectivity index (χ2n) is 4.61. The van der Waals surface area contributed by atoms with Crippen molar-refractivity contribution in [1.82, 2.24) is 5.32 Å². The van der Waals surface area contributed by atoms with Gasteiger partial charge in [0.2, 0.25) is 0 Å². The van der Waals surface area contributed by atoms with E-state index in [1.165, 1.54) is 11.1 Å². The highest BCUT2D eigenvalue weighted by Crippen LogP contribution is 2.28. The third kappa shape index (κ3) is 4.20. The van der Waals surface area contributed by atoms with Gasteiger partial charge in [-0.15, -0.1) is 0 Å². The van der Waals surface area contributed by atoms with E-state index in [-0.39, 0.29) is 6.04 Å². The smallest absolute Gasteiger partial charge is 0.0577 e. The van der Waals surface area contributed by atoms with E-state index in [1.54, 1.807) is 0 Å². The topological polar surface area (TPSA) is 12.0 Å². The van der Waals surface area contributed by atoms with Gasteiger partial charge in [-0.3, -0.25) is 0 Å². The molecule has 0 fully saturated rings. The van der Waals surface area contributed by atoms with Gasteiger partial charge in [0, 0.05) is 8.04 Å². The number of hydrogen-bond donors (Lipinski definition) is 1. The first kappa shape index (κ1) is 16.3. The average Bonchev–Trinajstić information content (AvgIpc) is 2.45. The quantitative estimate of drug-likeness (QED) is 0.552. The first-order chi connectivity index (χ1) is 9.61. The van der Waals surface area contributed by atoms with E-state index < -0.39 is 0 Å². The largest absolute Gasteiger partial charge is 0.306 e. The summed E-state index contributed by atoms with van der Waals surface area (Å²) < 4.78 is 2.18. The fourth-order valence-electron chi connectivity index (χ4n) is 2.06. The number of benzene rings is 2. The van der Waals surface area contributed by atoms with Gasteiger partial charge in [-0.05, 0) is 70.9 Å². The fourth-order valence-corrected chi connectivity index (χ4v) is 2.85. The van der Waals surface area contributed by atoms with Crippen LogP contribution in [-0.4, -0.2) is 6.54 Å². The molecule has 4 heteroatoms. The highest BCUT2D eigenvalue weighted by atomic mass is 127. The molecule has 0 amide bonds. The number of hydrogen-bond acceptors (Lipinski definition) is 1. The molecule has 0 aromatic heterocycles. The Morgan fingerprint density at radius 3 is 2.40 bits per heavy atom. The predicted octanol–water partition coefficient (Wildman–Crippen LogP) is 5.80. The Kier molecular flexibility index (Phi) is 6.33. The molecule has 1 atom stereocenters. The zero-order chi connectivity index (χ0) is 14.5. The molecular weight excluding hydrogens is 448 g/mol. The van der Waals surface area contributed by atoms with Crippen LogP contribution in [0.1, 0.15) is 30.5 Å². The molecule has 20 heavy (non-hydrogen) atoms. The number of halogens is 3. The molecule has 0 saturated carbocycles. The third-order valence-electron chi connectivity index (χ3n) is 3.08. The van der Waals surface area contributed by atoms with Crippen LogP contribution >= 0.6 is 50.1 Å². The van der Waals surface area contributed by atoms with Crippen molar-refractivity contribution in [2.75, 3.05) is 6.54 Å². The van der Waals surface area contributed by atoms with Gasteiger partial charge in [0.05, 0.1) is 11.1 Å². The minimum atomic E-state index is 0.178. The van der Waals surface area contributed by atoms with Crippen LogP contribution < -0.4 is 5.32 Å². The van der Waals surface area contributed by atoms with Crippen molar-refractivity contribution in [2.24, 2.45) is 0 Å². The fraction of sp³-hybridized carbons (Fsp3) is 0.250. The summed E-state index contributed by atoms with van der Waals surface area (Å²) in [5.74, 6) is 0. The predicted molar refractivity (Wildman–Crippen MR) is 98.4 cm³/mol. The molecule has 0 aliphatic rings. The van der Waals surface area contributed by atoms with Crippen LogP contribution in [0.3, 0.4) is 0 Å². The van der Waals surface area contributed by atoms with Gasteiger partial charge in [0.15, 0.2) is 0 Å². The standard InChI is InChI=1S/C16H16BrClIN/c1-2-9-20-16(11-3-6-13(17)7-4-11)12-5-8-15(19)14(18)10-12/h3-8,10,16,20H,2,9H2,1H3. The third-order valence-corrected chi connectivity index (χ3v) is 5.18. The zero-order valence-corrected chi connectivity index (χ0v) is 15.7. The normalized spacial score (nSPS) is 12.4. The minimum Gasteiger partial charge on any atom is -0.306 e. The Morgan fingerprint density at radius 1 is 1.15 bits per heavy atom. The Morgan fingerprint density at radius 2 is 1.80 bits per heavy atom. The molecule has 0 aliphatic carbocycles. The number of nitrogens with one attached hydrogen (secondary N) is 1. The molecule has 1 unspecified atom stereocenters. The summed E-state index contributed by atoms with van der Waals surface area (Å²) in [6, 6.07) is 14.9. The second-order valence-corrected chi connectivity index (χ2v) is 7.10. The maximum Gasteiger partial charge on any atom is 0.0577 e. The summed E-state index contributed by atoms with van der Waals surface area (Å²) in [5, 5.41) is 4.40. The van der Waals surface area contributed by atoms with Gasteiger partial charge in [0.1, 0.15) is 0 Å². The highest BCUT2D eigenvalue weighted by Gasteiger charge is 2.14.